The van der Waals surface area contributed by atoms with Gasteiger partial charge in [0.1, 0.15) is 0 Å². The van der Waals surface area contributed by atoms with E-state index in [0.29, 0.717) is 6.54 Å². The van der Waals surface area contributed by atoms with Crippen LogP contribution >= 0.6 is 12.4 Å². The molecule has 0 unspecified atom stereocenters. The van der Waals surface area contributed by atoms with E-state index in [0.717, 1.165) is 29.0 Å². The lowest BCUT2D eigenvalue weighted by Crippen LogP contribution is -2.05. The second-order valence-electron chi connectivity index (χ2n) is 4.24. The first-order valence-corrected chi connectivity index (χ1v) is 6.31. The third-order valence-electron chi connectivity index (χ3n) is 3.11. The number of halogens is 1. The highest BCUT2D eigenvalue weighted by Crippen LogP contribution is 2.40. The van der Waals surface area contributed by atoms with Crippen LogP contribution in [0.1, 0.15) is 5.56 Å². The Bertz CT molecular complexity index is 544. The van der Waals surface area contributed by atoms with Crippen molar-refractivity contribution >= 4 is 12.4 Å². The Morgan fingerprint density at radius 3 is 2.20 bits per heavy atom. The molecule has 2 rings (SSSR count). The van der Waals surface area contributed by atoms with E-state index in [4.69, 9.17) is 15.2 Å². The van der Waals surface area contributed by atoms with Gasteiger partial charge in [0.2, 0.25) is 0 Å². The monoisotopic (exact) mass is 293 g/mol. The second-order valence-corrected chi connectivity index (χ2v) is 4.24. The van der Waals surface area contributed by atoms with Crippen molar-refractivity contribution in [1.82, 2.24) is 0 Å². The van der Waals surface area contributed by atoms with Crippen molar-refractivity contribution in [3.63, 3.8) is 0 Å². The SMILES string of the molecule is COc1ccc(CCN)c(-c2ccccc2)c1OC.Cl. The fourth-order valence-electron chi connectivity index (χ4n) is 2.25. The van der Waals surface area contributed by atoms with Gasteiger partial charge in [-0.25, -0.2) is 0 Å². The van der Waals surface area contributed by atoms with Gasteiger partial charge in [0, 0.05) is 5.56 Å². The lowest BCUT2D eigenvalue weighted by Gasteiger charge is -2.17. The Morgan fingerprint density at radius 1 is 0.950 bits per heavy atom. The van der Waals surface area contributed by atoms with E-state index >= 15 is 0 Å². The molecule has 0 aliphatic carbocycles. The number of methoxy groups -OCH3 is 2. The first-order chi connectivity index (χ1) is 9.31. The zero-order valence-electron chi connectivity index (χ0n) is 11.8. The van der Waals surface area contributed by atoms with Crippen molar-refractivity contribution in [1.29, 1.82) is 0 Å². The summed E-state index contributed by atoms with van der Waals surface area (Å²) in [6.07, 6.45) is 0.810. The highest BCUT2D eigenvalue weighted by atomic mass is 35.5. The van der Waals surface area contributed by atoms with Crippen LogP contribution in [0.2, 0.25) is 0 Å². The van der Waals surface area contributed by atoms with Gasteiger partial charge in [-0.15, -0.1) is 12.4 Å². The van der Waals surface area contributed by atoms with Crippen LogP contribution in [0.25, 0.3) is 11.1 Å². The van der Waals surface area contributed by atoms with Gasteiger partial charge >= 0.3 is 0 Å². The molecule has 0 aliphatic heterocycles. The highest BCUT2D eigenvalue weighted by Gasteiger charge is 2.15. The highest BCUT2D eigenvalue weighted by molar-refractivity contribution is 5.85. The fraction of sp³-hybridized carbons (Fsp3) is 0.250. The van der Waals surface area contributed by atoms with Gasteiger partial charge in [0.05, 0.1) is 14.2 Å². The van der Waals surface area contributed by atoms with E-state index in [9.17, 15) is 0 Å². The Balaban J connectivity index is 0.00000200. The van der Waals surface area contributed by atoms with Crippen molar-refractivity contribution in [2.75, 3.05) is 20.8 Å². The quantitative estimate of drug-likeness (QED) is 0.920. The molecule has 0 saturated carbocycles. The van der Waals surface area contributed by atoms with Gasteiger partial charge in [-0.3, -0.25) is 0 Å². The van der Waals surface area contributed by atoms with Crippen molar-refractivity contribution in [3.05, 3.63) is 48.0 Å². The summed E-state index contributed by atoms with van der Waals surface area (Å²) < 4.78 is 10.9. The lowest BCUT2D eigenvalue weighted by atomic mass is 9.96. The Morgan fingerprint density at radius 2 is 1.65 bits per heavy atom. The molecule has 4 heteroatoms. The van der Waals surface area contributed by atoms with Crippen LogP contribution in [0.4, 0.5) is 0 Å². The standard InChI is InChI=1S/C16H19NO2.ClH/c1-18-14-9-8-13(10-11-17)15(16(14)19-2)12-6-4-3-5-7-12;/h3-9H,10-11,17H2,1-2H3;1H. The van der Waals surface area contributed by atoms with Gasteiger partial charge in [-0.2, -0.15) is 0 Å². The van der Waals surface area contributed by atoms with Crippen LogP contribution in [-0.2, 0) is 6.42 Å². The fourth-order valence-corrected chi connectivity index (χ4v) is 2.25. The van der Waals surface area contributed by atoms with E-state index < -0.39 is 0 Å². The van der Waals surface area contributed by atoms with Gasteiger partial charge < -0.3 is 15.2 Å². The molecular weight excluding hydrogens is 274 g/mol. The zero-order chi connectivity index (χ0) is 13.7. The predicted molar refractivity (Wildman–Crippen MR) is 85.0 cm³/mol. The summed E-state index contributed by atoms with van der Waals surface area (Å²) in [5, 5.41) is 0. The van der Waals surface area contributed by atoms with Crippen molar-refractivity contribution in [2.45, 2.75) is 6.42 Å². The normalized spacial score (nSPS) is 9.75. The Hall–Kier alpha value is -1.71. The summed E-state index contributed by atoms with van der Waals surface area (Å²) >= 11 is 0. The van der Waals surface area contributed by atoms with Crippen LogP contribution < -0.4 is 15.2 Å². The van der Waals surface area contributed by atoms with E-state index in [1.54, 1.807) is 14.2 Å². The summed E-state index contributed by atoms with van der Waals surface area (Å²) in [4.78, 5) is 0. The third-order valence-corrected chi connectivity index (χ3v) is 3.11. The molecule has 2 N–H and O–H groups in total. The average molecular weight is 294 g/mol. The minimum absolute atomic E-state index is 0. The molecular formula is C16H20ClNO2. The van der Waals surface area contributed by atoms with E-state index in [1.165, 1.54) is 5.56 Å². The molecule has 0 atom stereocenters. The molecule has 0 radical (unpaired) electrons. The summed E-state index contributed by atoms with van der Waals surface area (Å²) in [7, 11) is 3.31. The average Bonchev–Trinajstić information content (AvgIpc) is 2.47. The molecule has 0 heterocycles. The van der Waals surface area contributed by atoms with Crippen LogP contribution in [0.5, 0.6) is 11.5 Å². The molecule has 108 valence electrons. The largest absolute Gasteiger partial charge is 0.493 e. The molecule has 0 amide bonds. The van der Waals surface area contributed by atoms with E-state index in [2.05, 4.69) is 18.2 Å². The first kappa shape index (κ1) is 16.3. The number of rotatable bonds is 5. The molecule has 0 bridgehead atoms. The van der Waals surface area contributed by atoms with E-state index in [-0.39, 0.29) is 12.4 Å². The molecule has 0 spiro atoms. The van der Waals surface area contributed by atoms with Crippen LogP contribution in [-0.4, -0.2) is 20.8 Å². The maximum absolute atomic E-state index is 5.70. The minimum atomic E-state index is 0. The maximum atomic E-state index is 5.70. The molecule has 0 fully saturated rings. The van der Waals surface area contributed by atoms with Gasteiger partial charge in [0.15, 0.2) is 11.5 Å². The van der Waals surface area contributed by atoms with Crippen LogP contribution in [0, 0.1) is 0 Å². The van der Waals surface area contributed by atoms with E-state index in [1.807, 2.05) is 24.3 Å². The first-order valence-electron chi connectivity index (χ1n) is 6.31. The molecule has 2 aromatic rings. The smallest absolute Gasteiger partial charge is 0.168 e. The summed E-state index contributed by atoms with van der Waals surface area (Å²) in [5.74, 6) is 1.50. The minimum Gasteiger partial charge on any atom is -0.493 e. The van der Waals surface area contributed by atoms with Gasteiger partial charge in [-0.1, -0.05) is 36.4 Å². The topological polar surface area (TPSA) is 44.5 Å². The predicted octanol–water partition coefficient (Wildman–Crippen LogP) is 3.29. The van der Waals surface area contributed by atoms with Crippen molar-refractivity contribution in [3.8, 4) is 22.6 Å². The summed E-state index contributed by atoms with van der Waals surface area (Å²) in [6, 6.07) is 14.1. The molecule has 2 aromatic carbocycles. The maximum Gasteiger partial charge on any atom is 0.168 e. The number of nitrogens with two attached hydrogens (primary N) is 1. The molecule has 0 aromatic heterocycles. The second kappa shape index (κ2) is 7.78. The molecule has 0 aliphatic rings. The lowest BCUT2D eigenvalue weighted by molar-refractivity contribution is 0.356. The summed E-state index contributed by atoms with van der Waals surface area (Å²) in [5.41, 5.74) is 9.05. The van der Waals surface area contributed by atoms with Gasteiger partial charge in [0.25, 0.3) is 0 Å². The third kappa shape index (κ3) is 3.24. The van der Waals surface area contributed by atoms with Crippen LogP contribution in [0.3, 0.4) is 0 Å². The number of ether oxygens (including phenoxy) is 2. The number of hydrogen-bond acceptors (Lipinski definition) is 3. The Kier molecular flexibility index (Phi) is 6.36. The summed E-state index contributed by atoms with van der Waals surface area (Å²) in [6.45, 7) is 0.606. The van der Waals surface area contributed by atoms with Gasteiger partial charge in [-0.05, 0) is 30.2 Å². The Labute approximate surface area is 126 Å². The molecule has 3 nitrogen and oxygen atoms in total. The molecule has 20 heavy (non-hydrogen) atoms. The van der Waals surface area contributed by atoms with Crippen molar-refractivity contribution < 1.29 is 9.47 Å². The number of hydrogen-bond donors (Lipinski definition) is 1. The van der Waals surface area contributed by atoms with Crippen LogP contribution in [0.15, 0.2) is 42.5 Å². The zero-order valence-corrected chi connectivity index (χ0v) is 12.6. The van der Waals surface area contributed by atoms with Crippen molar-refractivity contribution in [2.24, 2.45) is 5.73 Å². The number of benzene rings is 2. The molecule has 0 saturated heterocycles.